The third kappa shape index (κ3) is 6.63. The average Bonchev–Trinajstić information content (AvgIpc) is 3.87. The Morgan fingerprint density at radius 2 is 0.851 bits per heavy atom. The minimum absolute atomic E-state index is 0.140. The summed E-state index contributed by atoms with van der Waals surface area (Å²) in [7, 11) is -3.21. The normalized spacial score (nSPS) is 12.7. The van der Waals surface area contributed by atoms with Gasteiger partial charge in [-0.1, -0.05) is 190 Å². The van der Waals surface area contributed by atoms with Crippen LogP contribution < -0.4 is 30.5 Å². The molecule has 0 spiro atoms. The molecule has 1 aliphatic rings. The summed E-state index contributed by atoms with van der Waals surface area (Å²) in [5, 5.41) is 7.38. The number of anilines is 6. The molecule has 0 bridgehead atoms. The van der Waals surface area contributed by atoms with Crippen LogP contribution in [0.25, 0.3) is 33.1 Å². The largest absolute Gasteiger partial charge is 0.456 e. The Labute approximate surface area is 393 Å². The molecule has 12 rings (SSSR count). The van der Waals surface area contributed by atoms with Crippen LogP contribution in [0, 0.1) is 0 Å². The van der Waals surface area contributed by atoms with Gasteiger partial charge in [-0.25, -0.2) is 0 Å². The van der Waals surface area contributed by atoms with Crippen LogP contribution in [0.5, 0.6) is 0 Å². The van der Waals surface area contributed by atoms with Gasteiger partial charge in [0.15, 0.2) is 8.07 Å². The Morgan fingerprint density at radius 3 is 1.58 bits per heavy atom. The molecule has 1 heterocycles. The molecule has 0 N–H and O–H groups in total. The molecular weight excluding hydrogens is 829 g/mol. The molecule has 320 valence electrons. The Hall–Kier alpha value is -8.18. The van der Waals surface area contributed by atoms with Gasteiger partial charge in [0.25, 0.3) is 0 Å². The molecule has 0 saturated carbocycles. The van der Waals surface area contributed by atoms with Crippen LogP contribution in [-0.2, 0) is 5.41 Å². The summed E-state index contributed by atoms with van der Waals surface area (Å²) in [6.45, 7) is 4.72. The van der Waals surface area contributed by atoms with Gasteiger partial charge in [0, 0.05) is 50.3 Å². The lowest BCUT2D eigenvalue weighted by molar-refractivity contribution is 0.660. The number of hydrogen-bond donors (Lipinski definition) is 0. The van der Waals surface area contributed by atoms with Gasteiger partial charge in [0.05, 0.1) is 0 Å². The topological polar surface area (TPSA) is 19.6 Å². The monoisotopic (exact) mass is 876 g/mol. The highest BCUT2D eigenvalue weighted by Gasteiger charge is 2.44. The van der Waals surface area contributed by atoms with Crippen LogP contribution in [0.2, 0.25) is 0 Å². The Kier molecular flexibility index (Phi) is 9.85. The summed E-state index contributed by atoms with van der Waals surface area (Å²) in [4.78, 5) is 4.90. The van der Waals surface area contributed by atoms with Crippen molar-refractivity contribution in [3.8, 4) is 11.1 Å². The maximum Gasteiger partial charge on any atom is 0.181 e. The summed E-state index contributed by atoms with van der Waals surface area (Å²) in [5.41, 5.74) is 13.6. The van der Waals surface area contributed by atoms with E-state index in [9.17, 15) is 0 Å². The van der Waals surface area contributed by atoms with E-state index in [4.69, 9.17) is 4.42 Å². The molecule has 0 aliphatic heterocycles. The molecule has 1 aromatic heterocycles. The molecule has 11 aromatic rings. The number of hydrogen-bond acceptors (Lipinski definition) is 3. The smallest absolute Gasteiger partial charge is 0.181 e. The molecule has 0 atom stereocenters. The molecule has 1 aliphatic carbocycles. The second kappa shape index (κ2) is 16.4. The first-order valence-electron chi connectivity index (χ1n) is 23.2. The van der Waals surface area contributed by atoms with Crippen molar-refractivity contribution in [2.45, 2.75) is 19.3 Å². The van der Waals surface area contributed by atoms with Gasteiger partial charge in [0.1, 0.15) is 11.2 Å². The number of nitrogens with zero attached hydrogens (tertiary/aromatic N) is 2. The zero-order chi connectivity index (χ0) is 45.0. The van der Waals surface area contributed by atoms with E-state index in [1.165, 1.54) is 43.0 Å². The van der Waals surface area contributed by atoms with E-state index < -0.39 is 8.07 Å². The van der Waals surface area contributed by atoms with Crippen molar-refractivity contribution >= 4 is 84.9 Å². The van der Waals surface area contributed by atoms with Crippen molar-refractivity contribution in [2.24, 2.45) is 0 Å². The van der Waals surface area contributed by atoms with Crippen molar-refractivity contribution < 1.29 is 4.42 Å². The van der Waals surface area contributed by atoms with Crippen LogP contribution >= 0.6 is 0 Å². The quantitative estimate of drug-likeness (QED) is 0.101. The van der Waals surface area contributed by atoms with E-state index in [1.807, 2.05) is 6.07 Å². The first kappa shape index (κ1) is 40.3. The van der Waals surface area contributed by atoms with Crippen LogP contribution in [0.15, 0.2) is 259 Å². The van der Waals surface area contributed by atoms with Gasteiger partial charge in [-0.05, 0) is 122 Å². The molecule has 0 saturated heterocycles. The van der Waals surface area contributed by atoms with Crippen molar-refractivity contribution in [3.63, 3.8) is 0 Å². The summed E-state index contributed by atoms with van der Waals surface area (Å²) >= 11 is 0. The number of para-hydroxylation sites is 4. The van der Waals surface area contributed by atoms with E-state index in [1.54, 1.807) is 0 Å². The highest BCUT2D eigenvalue weighted by molar-refractivity contribution is 7.20. The van der Waals surface area contributed by atoms with Crippen molar-refractivity contribution in [1.82, 2.24) is 0 Å². The van der Waals surface area contributed by atoms with Crippen LogP contribution in [-0.4, -0.2) is 8.07 Å². The van der Waals surface area contributed by atoms with Crippen LogP contribution in [0.3, 0.4) is 0 Å². The zero-order valence-electron chi connectivity index (χ0n) is 37.6. The second-order valence-corrected chi connectivity index (χ2v) is 21.8. The fourth-order valence-electron chi connectivity index (χ4n) is 10.9. The van der Waals surface area contributed by atoms with E-state index in [0.717, 1.165) is 56.1 Å². The summed E-state index contributed by atoms with van der Waals surface area (Å²) in [6.07, 6.45) is 0. The molecule has 10 aromatic carbocycles. The summed E-state index contributed by atoms with van der Waals surface area (Å²) < 4.78 is 6.38. The van der Waals surface area contributed by atoms with Gasteiger partial charge in [0.2, 0.25) is 0 Å². The SMILES string of the molecule is CC1(C)c2ccccc2-c2ccc(N(c3ccccc3)c3cccc([Si](c4ccccc4)(c4ccccc4)c4ccccc4N(c4ccccc4)c4ccc5oc6ccccc6c5c4)c3)cc21. The second-order valence-electron chi connectivity index (χ2n) is 18.1. The molecule has 0 radical (unpaired) electrons. The molecular formula is C63H48N2OSi. The lowest BCUT2D eigenvalue weighted by atomic mass is 9.82. The van der Waals surface area contributed by atoms with Gasteiger partial charge in [-0.15, -0.1) is 0 Å². The lowest BCUT2D eigenvalue weighted by Crippen LogP contribution is -2.75. The molecule has 3 nitrogen and oxygen atoms in total. The molecule has 67 heavy (non-hydrogen) atoms. The van der Waals surface area contributed by atoms with Crippen molar-refractivity contribution in [3.05, 3.63) is 266 Å². The third-order valence-corrected chi connectivity index (χ3v) is 18.8. The van der Waals surface area contributed by atoms with Crippen LogP contribution in [0.1, 0.15) is 25.0 Å². The number of rotatable bonds is 10. The fourth-order valence-corrected chi connectivity index (χ4v) is 15.9. The van der Waals surface area contributed by atoms with E-state index >= 15 is 0 Å². The van der Waals surface area contributed by atoms with E-state index in [0.29, 0.717) is 0 Å². The van der Waals surface area contributed by atoms with Gasteiger partial charge in [-0.3, -0.25) is 0 Å². The average molecular weight is 877 g/mol. The van der Waals surface area contributed by atoms with Gasteiger partial charge < -0.3 is 14.2 Å². The third-order valence-electron chi connectivity index (χ3n) is 14.0. The Balaban J connectivity index is 1.11. The molecule has 0 amide bonds. The molecule has 4 heteroatoms. The minimum Gasteiger partial charge on any atom is -0.456 e. The van der Waals surface area contributed by atoms with E-state index in [-0.39, 0.29) is 5.41 Å². The molecule has 0 fully saturated rings. The standard InChI is InChI=1S/C63H48N2OSi/c1-63(2)57-34-17-15-32-53(57)54-40-38-49(44-58(54)63)64(45-22-7-3-8-23-45)47-26-21-31-52(42-47)67(50-27-11-5-12-28-50,51-29-13-6-14-30-51)62-37-20-18-35-59(62)65(46-24-9-4-10-25-46)48-39-41-61-56(43-48)55-33-16-19-36-60(55)66-61/h3-44H,1-2H3. The van der Waals surface area contributed by atoms with Gasteiger partial charge >= 0.3 is 0 Å². The van der Waals surface area contributed by atoms with Crippen LogP contribution in [0.4, 0.5) is 34.1 Å². The molecule has 0 unspecified atom stereocenters. The maximum atomic E-state index is 6.38. The minimum atomic E-state index is -3.21. The summed E-state index contributed by atoms with van der Waals surface area (Å²) in [5.74, 6) is 0. The van der Waals surface area contributed by atoms with Crippen molar-refractivity contribution in [1.29, 1.82) is 0 Å². The zero-order valence-corrected chi connectivity index (χ0v) is 38.6. The fraction of sp³-hybridized carbons (Fsp3) is 0.0476. The highest BCUT2D eigenvalue weighted by Crippen LogP contribution is 2.50. The lowest BCUT2D eigenvalue weighted by Gasteiger charge is -2.39. The van der Waals surface area contributed by atoms with Crippen molar-refractivity contribution in [2.75, 3.05) is 9.80 Å². The highest BCUT2D eigenvalue weighted by atomic mass is 28.3. The number of fused-ring (bicyclic) bond motifs is 6. The number of benzene rings is 10. The predicted molar refractivity (Wildman–Crippen MR) is 284 cm³/mol. The summed E-state index contributed by atoms with van der Waals surface area (Å²) in [6, 6.07) is 93.7. The van der Waals surface area contributed by atoms with E-state index in [2.05, 4.69) is 272 Å². The number of furan rings is 1. The Morgan fingerprint density at radius 1 is 0.343 bits per heavy atom. The maximum absolute atomic E-state index is 6.38. The van der Waals surface area contributed by atoms with Gasteiger partial charge in [-0.2, -0.15) is 0 Å². The first-order valence-corrected chi connectivity index (χ1v) is 25.2. The Bertz CT molecular complexity index is 3530. The first-order chi connectivity index (χ1) is 33.0. The predicted octanol–water partition coefficient (Wildman–Crippen LogP) is 14.2.